The van der Waals surface area contributed by atoms with Gasteiger partial charge in [-0.15, -0.1) is 0 Å². The predicted molar refractivity (Wildman–Crippen MR) is 173 cm³/mol. The summed E-state index contributed by atoms with van der Waals surface area (Å²) in [6.45, 7) is 20.1. The summed E-state index contributed by atoms with van der Waals surface area (Å²) in [7, 11) is -3.06. The van der Waals surface area contributed by atoms with Crippen LogP contribution in [0.3, 0.4) is 0 Å². The second-order valence-corrected chi connectivity index (χ2v) is 15.0. The van der Waals surface area contributed by atoms with Crippen LogP contribution in [0.4, 0.5) is 0 Å². The first-order valence-electron chi connectivity index (χ1n) is 13.5. The molecular formula is C30H51IO4P2. The second-order valence-electron chi connectivity index (χ2n) is 9.06. The maximum Gasteiger partial charge on any atom is 0.203 e. The van der Waals surface area contributed by atoms with Crippen LogP contribution in [-0.4, -0.2) is 42.7 Å². The second kappa shape index (κ2) is 21.5. The van der Waals surface area contributed by atoms with Crippen molar-refractivity contribution in [2.24, 2.45) is 0 Å². The lowest BCUT2D eigenvalue weighted by Crippen LogP contribution is -2.12. The number of alkyl halides is 1. The van der Waals surface area contributed by atoms with Crippen LogP contribution in [0.5, 0.6) is 0 Å². The molecule has 4 nitrogen and oxygen atoms in total. The third-order valence-corrected chi connectivity index (χ3v) is 10.9. The summed E-state index contributed by atoms with van der Waals surface area (Å²) in [4.78, 5) is 0. The van der Waals surface area contributed by atoms with Crippen molar-refractivity contribution in [1.29, 1.82) is 0 Å². The number of aryl methyl sites for hydroxylation is 2. The summed E-state index contributed by atoms with van der Waals surface area (Å²) in [6.07, 6.45) is 4.20. The fourth-order valence-electron chi connectivity index (χ4n) is 3.75. The van der Waals surface area contributed by atoms with E-state index >= 15 is 0 Å². The van der Waals surface area contributed by atoms with Gasteiger partial charge in [-0.3, -0.25) is 4.57 Å². The molecule has 0 saturated heterocycles. The number of benzene rings is 2. The minimum absolute atomic E-state index is 0.129. The molecule has 0 fully saturated rings. The van der Waals surface area contributed by atoms with Gasteiger partial charge in [0.2, 0.25) is 7.37 Å². The van der Waals surface area contributed by atoms with E-state index in [4.69, 9.17) is 13.6 Å². The minimum atomic E-state index is -2.48. The van der Waals surface area contributed by atoms with Crippen molar-refractivity contribution in [1.82, 2.24) is 0 Å². The van der Waals surface area contributed by atoms with Crippen LogP contribution in [0, 0.1) is 13.8 Å². The highest BCUT2D eigenvalue weighted by Gasteiger charge is 2.27. The van der Waals surface area contributed by atoms with Gasteiger partial charge in [0.25, 0.3) is 0 Å². The molecule has 0 aliphatic carbocycles. The SMILES string of the molecule is CCOP(C)(=O)[C@@H](CC)Cc1cccc(C)c1.CCOP(C)OCC.CC[C@H](I)Cc1cccc(C)c1. The van der Waals surface area contributed by atoms with Gasteiger partial charge < -0.3 is 13.6 Å². The van der Waals surface area contributed by atoms with E-state index in [-0.39, 0.29) is 5.66 Å². The van der Waals surface area contributed by atoms with Gasteiger partial charge in [0.05, 0.1) is 19.8 Å². The third kappa shape index (κ3) is 17.8. The molecule has 2 aromatic rings. The molecule has 0 spiro atoms. The zero-order valence-electron chi connectivity index (χ0n) is 24.6. The van der Waals surface area contributed by atoms with Crippen molar-refractivity contribution in [3.8, 4) is 0 Å². The van der Waals surface area contributed by atoms with Crippen LogP contribution in [0.2, 0.25) is 0 Å². The Labute approximate surface area is 243 Å². The standard InChI is InChI=1S/C14H23O2P.C11H15I.C5H13O2P/c1-5-14(17(4,15)16-6-2)11-13-9-7-8-12(3)10-13;1-3-11(12)8-10-6-4-5-9(2)7-10;1-4-6-8(3)7-5-2/h7-10,14H,5-6,11H2,1-4H3;4-7,11H,3,8H2,1-2H3;4-5H2,1-3H3/t14-,17?;11-;/m00./s1. The Morgan fingerprint density at radius 2 is 1.30 bits per heavy atom. The molecule has 37 heavy (non-hydrogen) atoms. The fourth-order valence-corrected chi connectivity index (χ4v) is 6.99. The normalized spacial score (nSPS) is 14.0. The maximum atomic E-state index is 12.4. The Morgan fingerprint density at radius 1 is 0.811 bits per heavy atom. The molecule has 212 valence electrons. The lowest BCUT2D eigenvalue weighted by Gasteiger charge is -2.23. The molecule has 0 amide bonds. The van der Waals surface area contributed by atoms with Crippen LogP contribution in [-0.2, 0) is 31.0 Å². The monoisotopic (exact) mass is 664 g/mol. The molecule has 2 rings (SSSR count). The molecule has 0 radical (unpaired) electrons. The van der Waals surface area contributed by atoms with Crippen molar-refractivity contribution in [3.63, 3.8) is 0 Å². The maximum absolute atomic E-state index is 12.4. The molecule has 0 heterocycles. The van der Waals surface area contributed by atoms with E-state index in [9.17, 15) is 4.57 Å². The smallest absolute Gasteiger partial charge is 0.203 e. The topological polar surface area (TPSA) is 44.8 Å². The number of halogens is 1. The Hall–Kier alpha value is -0.290. The summed E-state index contributed by atoms with van der Waals surface area (Å²) in [5.41, 5.74) is 5.46. The predicted octanol–water partition coefficient (Wildman–Crippen LogP) is 10.0. The van der Waals surface area contributed by atoms with Crippen molar-refractivity contribution < 1.29 is 18.1 Å². The first-order chi connectivity index (χ1) is 17.5. The van der Waals surface area contributed by atoms with Crippen molar-refractivity contribution >= 4 is 38.3 Å². The molecule has 2 aromatic carbocycles. The highest BCUT2D eigenvalue weighted by atomic mass is 127. The van der Waals surface area contributed by atoms with E-state index in [0.29, 0.717) is 6.61 Å². The zero-order chi connectivity index (χ0) is 28.3. The van der Waals surface area contributed by atoms with Gasteiger partial charge >= 0.3 is 0 Å². The van der Waals surface area contributed by atoms with E-state index in [0.717, 1.165) is 30.0 Å². The van der Waals surface area contributed by atoms with Gasteiger partial charge in [0.1, 0.15) is 0 Å². The Balaban J connectivity index is 0.000000566. The third-order valence-electron chi connectivity index (χ3n) is 5.68. The van der Waals surface area contributed by atoms with E-state index in [1.807, 2.05) is 27.4 Å². The molecule has 3 atom stereocenters. The van der Waals surface area contributed by atoms with Crippen molar-refractivity contribution in [2.45, 2.75) is 83.7 Å². The summed E-state index contributed by atoms with van der Waals surface area (Å²) in [5, 5.41) is 0. The molecule has 7 heteroatoms. The molecule has 0 aromatic heterocycles. The van der Waals surface area contributed by atoms with Gasteiger partial charge in [-0.05, 0) is 71.4 Å². The Bertz CT molecular complexity index is 887. The summed E-state index contributed by atoms with van der Waals surface area (Å²) >= 11 is 2.52. The van der Waals surface area contributed by atoms with E-state index in [1.54, 1.807) is 6.66 Å². The number of rotatable bonds is 13. The molecule has 0 aliphatic heterocycles. The average Bonchev–Trinajstić information content (AvgIpc) is 2.83. The van der Waals surface area contributed by atoms with Gasteiger partial charge in [-0.2, -0.15) is 0 Å². The molecule has 0 N–H and O–H groups in total. The number of hydrogen-bond acceptors (Lipinski definition) is 4. The Kier molecular flexibility index (Phi) is 21.4. The van der Waals surface area contributed by atoms with E-state index < -0.39 is 15.7 Å². The van der Waals surface area contributed by atoms with Crippen LogP contribution in [0.15, 0.2) is 48.5 Å². The summed E-state index contributed by atoms with van der Waals surface area (Å²) < 4.78 is 28.9. The molecule has 1 unspecified atom stereocenters. The highest BCUT2D eigenvalue weighted by Crippen LogP contribution is 2.50. The lowest BCUT2D eigenvalue weighted by molar-refractivity contribution is 0.274. The molecular weight excluding hydrogens is 613 g/mol. The fraction of sp³-hybridized carbons (Fsp3) is 0.600. The largest absolute Gasteiger partial charge is 0.335 e. The first kappa shape index (κ1) is 36.7. The molecule has 0 aliphatic rings. The molecule has 0 saturated carbocycles. The van der Waals surface area contributed by atoms with Crippen LogP contribution >= 0.6 is 38.3 Å². The van der Waals surface area contributed by atoms with Crippen LogP contribution < -0.4 is 0 Å². The Morgan fingerprint density at radius 3 is 1.68 bits per heavy atom. The van der Waals surface area contributed by atoms with E-state index in [1.165, 1.54) is 35.1 Å². The lowest BCUT2D eigenvalue weighted by atomic mass is 10.1. The van der Waals surface area contributed by atoms with E-state index in [2.05, 4.69) is 98.8 Å². The summed E-state index contributed by atoms with van der Waals surface area (Å²) in [5.74, 6) is 0. The van der Waals surface area contributed by atoms with Crippen molar-refractivity contribution in [2.75, 3.05) is 33.2 Å². The van der Waals surface area contributed by atoms with Gasteiger partial charge in [0, 0.05) is 22.9 Å². The highest BCUT2D eigenvalue weighted by molar-refractivity contribution is 14.1. The van der Waals surface area contributed by atoms with Gasteiger partial charge in [-0.25, -0.2) is 0 Å². The first-order valence-corrected chi connectivity index (χ1v) is 18.5. The number of hydrogen-bond donors (Lipinski definition) is 0. The quantitative estimate of drug-likeness (QED) is 0.122. The van der Waals surface area contributed by atoms with Crippen molar-refractivity contribution in [3.05, 3.63) is 70.8 Å². The van der Waals surface area contributed by atoms with Crippen LogP contribution in [0.1, 0.15) is 69.7 Å². The zero-order valence-corrected chi connectivity index (χ0v) is 28.6. The van der Waals surface area contributed by atoms with Crippen LogP contribution in [0.25, 0.3) is 0 Å². The average molecular weight is 665 g/mol. The van der Waals surface area contributed by atoms with Gasteiger partial charge in [0.15, 0.2) is 8.38 Å². The summed E-state index contributed by atoms with van der Waals surface area (Å²) in [6, 6.07) is 17.2. The van der Waals surface area contributed by atoms with Gasteiger partial charge in [-0.1, -0.05) is 96.1 Å². The minimum Gasteiger partial charge on any atom is -0.335 e. The molecule has 0 bridgehead atoms.